The first-order valence-corrected chi connectivity index (χ1v) is 8.17. The molecule has 10 heteroatoms. The minimum atomic E-state index is -4.40. The number of ether oxygens (including phenoxy) is 1. The van der Waals surface area contributed by atoms with E-state index in [0.29, 0.717) is 25.6 Å². The fourth-order valence-electron chi connectivity index (χ4n) is 2.12. The van der Waals surface area contributed by atoms with Gasteiger partial charge in [0.05, 0.1) is 18.7 Å². The van der Waals surface area contributed by atoms with Crippen LogP contribution in [-0.4, -0.2) is 35.2 Å². The largest absolute Gasteiger partial charge is 0.476 e. The van der Waals surface area contributed by atoms with E-state index in [1.54, 1.807) is 0 Å². The van der Waals surface area contributed by atoms with Crippen molar-refractivity contribution < 1.29 is 17.9 Å². The van der Waals surface area contributed by atoms with Crippen molar-refractivity contribution in [2.45, 2.75) is 19.6 Å². The molecule has 0 radical (unpaired) electrons. The molecule has 2 aromatic rings. The van der Waals surface area contributed by atoms with Crippen molar-refractivity contribution in [1.29, 1.82) is 0 Å². The van der Waals surface area contributed by atoms with Crippen LogP contribution in [-0.2, 0) is 19.8 Å². The van der Waals surface area contributed by atoms with E-state index in [1.807, 2.05) is 37.0 Å². The van der Waals surface area contributed by atoms with Crippen LogP contribution in [0.1, 0.15) is 18.1 Å². The van der Waals surface area contributed by atoms with Crippen molar-refractivity contribution >= 4 is 29.9 Å². The number of aliphatic imine (C=N–C) groups is 1. The number of nitrogens with zero attached hydrogens (tertiary/aromatic N) is 3. The van der Waals surface area contributed by atoms with Crippen LogP contribution in [0, 0.1) is 0 Å². The Labute approximate surface area is 173 Å². The Kier molecular flexibility index (Phi) is 9.39. The van der Waals surface area contributed by atoms with Gasteiger partial charge in [0, 0.05) is 38.2 Å². The van der Waals surface area contributed by atoms with E-state index in [4.69, 9.17) is 4.74 Å². The topological polar surface area (TPSA) is 63.5 Å². The summed E-state index contributed by atoms with van der Waals surface area (Å²) < 4.78 is 44.7. The van der Waals surface area contributed by atoms with E-state index in [-0.39, 0.29) is 36.5 Å². The quantitative estimate of drug-likeness (QED) is 0.267. The number of aryl methyl sites for hydroxylation is 1. The Balaban J connectivity index is 0.00000364. The smallest absolute Gasteiger partial charge is 0.417 e. The highest BCUT2D eigenvalue weighted by Crippen LogP contribution is 2.29. The fourth-order valence-corrected chi connectivity index (χ4v) is 2.12. The molecule has 2 rings (SSSR count). The molecule has 0 fully saturated rings. The second-order valence-corrected chi connectivity index (χ2v) is 5.54. The number of rotatable bonds is 7. The van der Waals surface area contributed by atoms with Crippen molar-refractivity contribution in [2.75, 3.05) is 19.7 Å². The van der Waals surface area contributed by atoms with Gasteiger partial charge in [0.2, 0.25) is 5.88 Å². The molecule has 0 saturated heterocycles. The zero-order chi connectivity index (χ0) is 19.0. The highest BCUT2D eigenvalue weighted by Gasteiger charge is 2.30. The predicted molar refractivity (Wildman–Crippen MR) is 108 cm³/mol. The van der Waals surface area contributed by atoms with Crippen LogP contribution in [0.15, 0.2) is 41.8 Å². The zero-order valence-electron chi connectivity index (χ0n) is 15.1. The number of nitrogens with one attached hydrogen (secondary N) is 2. The maximum absolute atomic E-state index is 12.5. The van der Waals surface area contributed by atoms with Gasteiger partial charge < -0.3 is 19.9 Å². The van der Waals surface area contributed by atoms with Crippen LogP contribution < -0.4 is 15.4 Å². The molecule has 0 saturated carbocycles. The molecule has 2 aromatic heterocycles. The lowest BCUT2D eigenvalue weighted by Gasteiger charge is -2.12. The molecule has 0 aromatic carbocycles. The third-order valence-corrected chi connectivity index (χ3v) is 3.37. The number of pyridine rings is 1. The molecule has 2 N–H and O–H groups in total. The summed E-state index contributed by atoms with van der Waals surface area (Å²) in [5.41, 5.74) is 0.292. The number of aromatic nitrogens is 2. The Bertz CT molecular complexity index is 716. The SMILES string of the molecule is CCNC(=NCc1ccn(C)c1)NCCOc1ccc(C(F)(F)F)cn1.I. The average Bonchev–Trinajstić information content (AvgIpc) is 3.01. The number of hydrogen-bond donors (Lipinski definition) is 2. The first-order chi connectivity index (χ1) is 12.4. The second kappa shape index (κ2) is 11.0. The molecular formula is C17H23F3IN5O. The first kappa shape index (κ1) is 23.1. The number of alkyl halides is 3. The standard InChI is InChI=1S/C17H22F3N5O.HI/c1-3-21-16(24-10-13-6-8-25(2)12-13)22-7-9-26-15-5-4-14(11-23-15)17(18,19)20;/h4-6,8,11-12H,3,7,9-10H2,1-2H3,(H2,21,22,24);1H. The summed E-state index contributed by atoms with van der Waals surface area (Å²) in [6, 6.07) is 4.14. The summed E-state index contributed by atoms with van der Waals surface area (Å²) >= 11 is 0. The average molecular weight is 497 g/mol. The van der Waals surface area contributed by atoms with Gasteiger partial charge in [-0.15, -0.1) is 24.0 Å². The maximum atomic E-state index is 12.5. The lowest BCUT2D eigenvalue weighted by atomic mass is 10.3. The molecule has 0 bridgehead atoms. The van der Waals surface area contributed by atoms with E-state index in [0.717, 1.165) is 17.8 Å². The Hall–Kier alpha value is -1.98. The highest BCUT2D eigenvalue weighted by atomic mass is 127. The van der Waals surface area contributed by atoms with Gasteiger partial charge in [-0.3, -0.25) is 0 Å². The summed E-state index contributed by atoms with van der Waals surface area (Å²) in [7, 11) is 1.95. The molecule has 150 valence electrons. The van der Waals surface area contributed by atoms with Gasteiger partial charge in [0.25, 0.3) is 0 Å². The van der Waals surface area contributed by atoms with Crippen molar-refractivity contribution in [3.05, 3.63) is 47.9 Å². The van der Waals surface area contributed by atoms with Crippen molar-refractivity contribution in [3.8, 4) is 5.88 Å². The molecule has 27 heavy (non-hydrogen) atoms. The second-order valence-electron chi connectivity index (χ2n) is 5.54. The van der Waals surface area contributed by atoms with Crippen LogP contribution in [0.3, 0.4) is 0 Å². The Morgan fingerprint density at radius 3 is 2.59 bits per heavy atom. The highest BCUT2D eigenvalue weighted by molar-refractivity contribution is 14.0. The van der Waals surface area contributed by atoms with Gasteiger partial charge in [0.1, 0.15) is 6.61 Å². The van der Waals surface area contributed by atoms with Gasteiger partial charge in [-0.05, 0) is 24.6 Å². The molecular weight excluding hydrogens is 474 g/mol. The van der Waals surface area contributed by atoms with E-state index in [1.165, 1.54) is 6.07 Å². The molecule has 0 atom stereocenters. The van der Waals surface area contributed by atoms with E-state index in [2.05, 4.69) is 20.6 Å². The minimum Gasteiger partial charge on any atom is -0.476 e. The van der Waals surface area contributed by atoms with Crippen LogP contribution in [0.25, 0.3) is 0 Å². The molecule has 6 nitrogen and oxygen atoms in total. The molecule has 2 heterocycles. The zero-order valence-corrected chi connectivity index (χ0v) is 17.4. The van der Waals surface area contributed by atoms with Gasteiger partial charge in [-0.25, -0.2) is 9.98 Å². The van der Waals surface area contributed by atoms with Crippen LogP contribution in [0.5, 0.6) is 5.88 Å². The molecule has 0 unspecified atom stereocenters. The van der Waals surface area contributed by atoms with E-state index >= 15 is 0 Å². The number of halogens is 4. The predicted octanol–water partition coefficient (Wildman–Crippen LogP) is 3.19. The molecule has 0 aliphatic heterocycles. The summed E-state index contributed by atoms with van der Waals surface area (Å²) in [4.78, 5) is 8.12. The Morgan fingerprint density at radius 1 is 1.26 bits per heavy atom. The van der Waals surface area contributed by atoms with Gasteiger partial charge >= 0.3 is 6.18 Å². The normalized spacial score (nSPS) is 11.7. The molecule has 0 aliphatic carbocycles. The van der Waals surface area contributed by atoms with Crippen LogP contribution in [0.4, 0.5) is 13.2 Å². The van der Waals surface area contributed by atoms with Crippen molar-refractivity contribution in [3.63, 3.8) is 0 Å². The fraction of sp³-hybridized carbons (Fsp3) is 0.412. The first-order valence-electron chi connectivity index (χ1n) is 8.17. The van der Waals surface area contributed by atoms with E-state index < -0.39 is 11.7 Å². The van der Waals surface area contributed by atoms with Crippen molar-refractivity contribution in [2.24, 2.45) is 12.0 Å². The van der Waals surface area contributed by atoms with E-state index in [9.17, 15) is 13.2 Å². The monoisotopic (exact) mass is 497 g/mol. The summed E-state index contributed by atoms with van der Waals surface area (Å²) in [6.07, 6.45) is 0.305. The molecule has 0 spiro atoms. The summed E-state index contributed by atoms with van der Waals surface area (Å²) in [5, 5.41) is 6.22. The summed E-state index contributed by atoms with van der Waals surface area (Å²) in [5.74, 6) is 0.784. The van der Waals surface area contributed by atoms with Gasteiger partial charge in [-0.1, -0.05) is 0 Å². The lowest BCUT2D eigenvalue weighted by Crippen LogP contribution is -2.39. The van der Waals surface area contributed by atoms with Gasteiger partial charge in [-0.2, -0.15) is 13.2 Å². The van der Waals surface area contributed by atoms with Crippen LogP contribution >= 0.6 is 24.0 Å². The lowest BCUT2D eigenvalue weighted by molar-refractivity contribution is -0.137. The third kappa shape index (κ3) is 8.06. The Morgan fingerprint density at radius 2 is 2.04 bits per heavy atom. The summed E-state index contributed by atoms with van der Waals surface area (Å²) in [6.45, 7) is 3.89. The maximum Gasteiger partial charge on any atom is 0.417 e. The third-order valence-electron chi connectivity index (χ3n) is 3.37. The molecule has 0 aliphatic rings. The minimum absolute atomic E-state index is 0. The van der Waals surface area contributed by atoms with Crippen LogP contribution in [0.2, 0.25) is 0 Å². The number of hydrogen-bond acceptors (Lipinski definition) is 3. The van der Waals surface area contributed by atoms with Gasteiger partial charge in [0.15, 0.2) is 5.96 Å². The molecule has 0 amide bonds. The number of guanidine groups is 1. The van der Waals surface area contributed by atoms with Crippen molar-refractivity contribution in [1.82, 2.24) is 20.2 Å².